The molecular formula is C80H84N12O32. The lowest BCUT2D eigenvalue weighted by Gasteiger charge is -2.15. The number of amides is 4. The van der Waals surface area contributed by atoms with E-state index in [2.05, 4.69) is 21.3 Å². The van der Waals surface area contributed by atoms with Crippen LogP contribution in [-0.4, -0.2) is 184 Å². The minimum atomic E-state index is -1.55. The van der Waals surface area contributed by atoms with Crippen molar-refractivity contribution in [3.63, 3.8) is 0 Å². The first-order valence-corrected chi connectivity index (χ1v) is 36.3. The number of carbonyl (C=O) groups is 16. The number of carboxylic acid groups (broad SMARTS) is 8. The van der Waals surface area contributed by atoms with E-state index in [-0.39, 0.29) is 118 Å². The van der Waals surface area contributed by atoms with Gasteiger partial charge in [0.25, 0.3) is 0 Å². The van der Waals surface area contributed by atoms with Gasteiger partial charge in [-0.1, -0.05) is 27.7 Å². The van der Waals surface area contributed by atoms with Crippen molar-refractivity contribution in [3.8, 4) is 23.0 Å². The molecule has 0 bridgehead atoms. The maximum Gasteiger partial charge on any atom is 0.379 e. The van der Waals surface area contributed by atoms with Gasteiger partial charge in [-0.2, -0.15) is 0 Å². The van der Waals surface area contributed by atoms with Crippen LogP contribution in [0.1, 0.15) is 141 Å². The minimum absolute atomic E-state index is 0.0475. The maximum absolute atomic E-state index is 12.2. The summed E-state index contributed by atoms with van der Waals surface area (Å²) in [6.07, 6.45) is -2.82. The maximum atomic E-state index is 12.2. The molecule has 124 heavy (non-hydrogen) atoms. The number of hydrogen-bond acceptors (Lipinski definition) is 28. The molecule has 4 amide bonds. The van der Waals surface area contributed by atoms with E-state index in [4.69, 9.17) is 122 Å². The van der Waals surface area contributed by atoms with Crippen molar-refractivity contribution in [1.82, 2.24) is 21.3 Å². The Balaban J connectivity index is 0.000000294. The third-order valence-corrected chi connectivity index (χ3v) is 16.7. The Morgan fingerprint density at radius 2 is 0.444 bits per heavy atom. The Labute approximate surface area is 699 Å². The standard InChI is InChI=1S/4C20H21N3O8/c4*1-10(18(26)23-14(19(27)28)9-16(24)25)8-13-6-7-15(30-13)20(29)31-12-4-2-11(3-5-12)17(21)22/h4*2-7,10,14H,8-9H2,1H3,(H3,21,22)(H,23,26)(H,24,25)(H,27,28)/t2*10-,14+;2*10-,14-/m1010/s1. The average Bonchev–Trinajstić information content (AvgIpc) is 1.69. The van der Waals surface area contributed by atoms with Gasteiger partial charge in [-0.15, -0.1) is 0 Å². The predicted molar refractivity (Wildman–Crippen MR) is 423 cm³/mol. The van der Waals surface area contributed by atoms with Gasteiger partial charge in [0.05, 0.1) is 25.7 Å². The zero-order valence-electron chi connectivity index (χ0n) is 65.8. The van der Waals surface area contributed by atoms with Gasteiger partial charge in [0, 0.05) is 71.6 Å². The monoisotopic (exact) mass is 1720 g/mol. The fourth-order valence-corrected chi connectivity index (χ4v) is 10.2. The van der Waals surface area contributed by atoms with E-state index in [0.29, 0.717) is 22.3 Å². The normalized spacial score (nSPS) is 12.4. The fourth-order valence-electron chi connectivity index (χ4n) is 10.2. The largest absolute Gasteiger partial charge is 0.481 e. The molecule has 656 valence electrons. The van der Waals surface area contributed by atoms with Gasteiger partial charge in [0.15, 0.2) is 0 Å². The zero-order valence-corrected chi connectivity index (χ0v) is 65.8. The molecule has 4 aromatic carbocycles. The topological polar surface area (TPSA) is 772 Å². The number of ether oxygens (including phenoxy) is 4. The molecule has 0 aliphatic carbocycles. The molecule has 0 aliphatic rings. The molecule has 8 atom stereocenters. The summed E-state index contributed by atoms with van der Waals surface area (Å²) in [5.74, 6) is -18.9. The molecule has 4 heterocycles. The Hall–Kier alpha value is -16.6. The second-order valence-electron chi connectivity index (χ2n) is 26.8. The molecular weight excluding hydrogens is 1640 g/mol. The van der Waals surface area contributed by atoms with Gasteiger partial charge in [-0.25, -0.2) is 38.4 Å². The van der Waals surface area contributed by atoms with Crippen LogP contribution in [0, 0.1) is 45.3 Å². The first-order valence-electron chi connectivity index (χ1n) is 36.3. The quantitative estimate of drug-likeness (QED) is 0.0112. The van der Waals surface area contributed by atoms with Crippen LogP contribution in [0.5, 0.6) is 23.0 Å². The zero-order chi connectivity index (χ0) is 92.5. The fraction of sp³-hybridized carbons (Fsp3) is 0.250. The summed E-state index contributed by atoms with van der Waals surface area (Å²) in [5, 5.41) is 109. The Kier molecular flexibility index (Phi) is 36.8. The van der Waals surface area contributed by atoms with Crippen LogP contribution in [0.3, 0.4) is 0 Å². The van der Waals surface area contributed by atoms with Crippen molar-refractivity contribution in [2.45, 2.75) is 103 Å². The molecule has 0 saturated heterocycles. The smallest absolute Gasteiger partial charge is 0.379 e. The van der Waals surface area contributed by atoms with Gasteiger partial charge in [-0.3, -0.25) is 60.0 Å². The van der Waals surface area contributed by atoms with Crippen LogP contribution in [0.4, 0.5) is 0 Å². The van der Waals surface area contributed by atoms with Crippen LogP contribution in [-0.2, 0) is 83.2 Å². The minimum Gasteiger partial charge on any atom is -0.481 e. The van der Waals surface area contributed by atoms with E-state index < -0.39 is 169 Å². The Morgan fingerprint density at radius 3 is 0.581 bits per heavy atom. The summed E-state index contributed by atoms with van der Waals surface area (Å²) >= 11 is 0. The summed E-state index contributed by atoms with van der Waals surface area (Å²) in [6.45, 7) is 6.02. The first-order chi connectivity index (χ1) is 58.2. The number of nitrogen functional groups attached to an aromatic ring is 4. The molecule has 8 aromatic rings. The van der Waals surface area contributed by atoms with Crippen molar-refractivity contribution >= 4 is 119 Å². The summed E-state index contributed by atoms with van der Waals surface area (Å²) in [5.41, 5.74) is 23.3. The molecule has 0 aliphatic heterocycles. The van der Waals surface area contributed by atoms with E-state index in [1.807, 2.05) is 0 Å². The lowest BCUT2D eigenvalue weighted by molar-refractivity contribution is -0.147. The van der Waals surface area contributed by atoms with Crippen LogP contribution < -0.4 is 63.1 Å². The number of nitrogens with two attached hydrogens (primary N) is 4. The Morgan fingerprint density at radius 1 is 0.282 bits per heavy atom. The summed E-state index contributed by atoms with van der Waals surface area (Å²) in [6, 6.07) is 29.1. The molecule has 0 radical (unpaired) electrons. The average molecular weight is 1730 g/mol. The highest BCUT2D eigenvalue weighted by atomic mass is 16.6. The number of carboxylic acids is 8. The highest BCUT2D eigenvalue weighted by Gasteiger charge is 2.32. The van der Waals surface area contributed by atoms with Gasteiger partial charge in [-0.05, 0) is 146 Å². The molecule has 8 rings (SSSR count). The highest BCUT2D eigenvalue weighted by molar-refractivity contribution is 5.98. The molecule has 0 fully saturated rings. The number of hydrogen-bond donors (Lipinski definition) is 20. The summed E-state index contributed by atoms with van der Waals surface area (Å²) in [7, 11) is 0. The van der Waals surface area contributed by atoms with E-state index >= 15 is 0 Å². The third-order valence-electron chi connectivity index (χ3n) is 16.7. The molecule has 44 nitrogen and oxygen atoms in total. The number of aliphatic carboxylic acids is 8. The number of benzene rings is 4. The van der Waals surface area contributed by atoms with Gasteiger partial charge >= 0.3 is 71.6 Å². The molecule has 0 spiro atoms. The van der Waals surface area contributed by atoms with Gasteiger partial charge < -0.3 is 122 Å². The highest BCUT2D eigenvalue weighted by Crippen LogP contribution is 2.24. The molecule has 44 heteroatoms. The van der Waals surface area contributed by atoms with Crippen LogP contribution in [0.2, 0.25) is 0 Å². The van der Waals surface area contributed by atoms with E-state index in [1.165, 1.54) is 173 Å². The van der Waals surface area contributed by atoms with Crippen molar-refractivity contribution in [2.24, 2.45) is 46.6 Å². The number of furan rings is 4. The summed E-state index contributed by atoms with van der Waals surface area (Å²) < 4.78 is 42.3. The van der Waals surface area contributed by atoms with E-state index in [1.54, 1.807) is 0 Å². The van der Waals surface area contributed by atoms with Crippen molar-refractivity contribution < 1.29 is 154 Å². The number of amidine groups is 4. The summed E-state index contributed by atoms with van der Waals surface area (Å²) in [4.78, 5) is 185. The van der Waals surface area contributed by atoms with E-state index in [0.717, 1.165) is 0 Å². The van der Waals surface area contributed by atoms with E-state index in [9.17, 15) is 76.7 Å². The SMILES string of the molecule is C[C@@H](Cc1ccc(C(=O)Oc2ccc(C(=N)N)cc2)o1)C(=O)N[C@@H](CC(=O)O)C(=O)O.C[C@@H](Cc1ccc(C(=O)Oc2ccc(C(=N)N)cc2)o1)C(=O)N[C@H](CC(=O)O)C(=O)O.C[C@H](Cc1ccc(C(=O)Oc2ccc(C(=N)N)cc2)o1)C(=O)N[C@@H](CC(=O)O)C(=O)O.C[C@H](Cc1ccc(C(=O)Oc2ccc(C(=N)N)cc2)o1)C(=O)N[C@H](CC(=O)O)C(=O)O. The lowest BCUT2D eigenvalue weighted by Crippen LogP contribution is -2.44. The predicted octanol–water partition coefficient (Wildman–Crippen LogP) is 4.02. The molecule has 4 aromatic heterocycles. The number of carbonyl (C=O) groups excluding carboxylic acids is 8. The van der Waals surface area contributed by atoms with Crippen LogP contribution >= 0.6 is 0 Å². The number of esters is 4. The van der Waals surface area contributed by atoms with Crippen LogP contribution in [0.25, 0.3) is 0 Å². The first kappa shape index (κ1) is 98.0. The third kappa shape index (κ3) is 32.7. The molecule has 0 saturated carbocycles. The number of rotatable bonds is 40. The second kappa shape index (κ2) is 46.5. The van der Waals surface area contributed by atoms with Crippen molar-refractivity contribution in [1.29, 1.82) is 21.6 Å². The van der Waals surface area contributed by atoms with Crippen molar-refractivity contribution in [3.05, 3.63) is 214 Å². The molecule has 0 unspecified atom stereocenters. The second-order valence-corrected chi connectivity index (χ2v) is 26.8. The number of nitrogens with one attached hydrogen (secondary N) is 8. The van der Waals surface area contributed by atoms with Gasteiger partial charge in [0.2, 0.25) is 46.7 Å². The lowest BCUT2D eigenvalue weighted by atomic mass is 10.0. The molecule has 24 N–H and O–H groups in total. The van der Waals surface area contributed by atoms with Gasteiger partial charge in [0.1, 0.15) is 93.5 Å². The Bertz CT molecular complexity index is 4630. The van der Waals surface area contributed by atoms with Crippen molar-refractivity contribution in [2.75, 3.05) is 0 Å². The van der Waals surface area contributed by atoms with Crippen LogP contribution in [0.15, 0.2) is 163 Å².